The first-order chi connectivity index (χ1) is 16.9. The quantitative estimate of drug-likeness (QED) is 0.222. The molecule has 0 saturated carbocycles. The first-order valence-electron chi connectivity index (χ1n) is 11.6. The van der Waals surface area contributed by atoms with Crippen molar-refractivity contribution >= 4 is 34.1 Å². The van der Waals surface area contributed by atoms with E-state index in [4.69, 9.17) is 9.72 Å². The van der Waals surface area contributed by atoms with Gasteiger partial charge in [0.15, 0.2) is 5.78 Å². The Morgan fingerprint density at radius 3 is 2.51 bits per heavy atom. The normalized spacial score (nSPS) is 15.4. The van der Waals surface area contributed by atoms with Gasteiger partial charge in [-0.2, -0.15) is 0 Å². The lowest BCUT2D eigenvalue weighted by molar-refractivity contribution is -0.112. The fourth-order valence-electron chi connectivity index (χ4n) is 4.84. The SMILES string of the molecule is COc1ccc2c(-c3ccccc3)cc(SCC(=O)/C=C3\N(C)c4ccccc4C3(C)C)nc2c1. The predicted molar refractivity (Wildman–Crippen MR) is 145 cm³/mol. The van der Waals surface area contributed by atoms with E-state index >= 15 is 0 Å². The van der Waals surface area contributed by atoms with Gasteiger partial charge < -0.3 is 9.64 Å². The summed E-state index contributed by atoms with van der Waals surface area (Å²) in [4.78, 5) is 20.1. The number of carbonyl (C=O) groups excluding carboxylic acids is 1. The maximum Gasteiger partial charge on any atom is 0.167 e. The van der Waals surface area contributed by atoms with Crippen LogP contribution in [0.3, 0.4) is 0 Å². The lowest BCUT2D eigenvalue weighted by atomic mass is 9.83. The molecule has 1 aliphatic heterocycles. The van der Waals surface area contributed by atoms with Crippen LogP contribution in [0, 0.1) is 0 Å². The molecular weight excluding hydrogens is 452 g/mol. The summed E-state index contributed by atoms with van der Waals surface area (Å²) >= 11 is 1.47. The average molecular weight is 481 g/mol. The van der Waals surface area contributed by atoms with Crippen molar-refractivity contribution in [2.75, 3.05) is 24.8 Å². The van der Waals surface area contributed by atoms with Gasteiger partial charge in [-0.25, -0.2) is 4.98 Å². The highest BCUT2D eigenvalue weighted by Crippen LogP contribution is 2.46. The number of rotatable bonds is 6. The summed E-state index contributed by atoms with van der Waals surface area (Å²) in [6.07, 6.45) is 1.80. The second-order valence-corrected chi connectivity index (χ2v) is 10.2. The Kier molecular flexibility index (Phi) is 6.12. The Morgan fingerprint density at radius 1 is 1.03 bits per heavy atom. The number of nitrogens with zero attached hydrogens (tertiary/aromatic N) is 2. The van der Waals surface area contributed by atoms with Gasteiger partial charge in [-0.1, -0.05) is 74.1 Å². The minimum absolute atomic E-state index is 0.0755. The minimum Gasteiger partial charge on any atom is -0.497 e. The molecule has 0 aliphatic carbocycles. The highest BCUT2D eigenvalue weighted by Gasteiger charge is 2.38. The largest absolute Gasteiger partial charge is 0.497 e. The molecule has 1 aliphatic rings. The molecule has 0 radical (unpaired) electrons. The molecule has 2 heterocycles. The Bertz CT molecular complexity index is 1440. The topological polar surface area (TPSA) is 42.4 Å². The smallest absolute Gasteiger partial charge is 0.167 e. The van der Waals surface area contributed by atoms with Crippen molar-refractivity contribution in [1.29, 1.82) is 0 Å². The molecule has 0 amide bonds. The maximum absolute atomic E-state index is 13.1. The van der Waals surface area contributed by atoms with Crippen LogP contribution < -0.4 is 9.64 Å². The number of pyridine rings is 1. The van der Waals surface area contributed by atoms with Crippen LogP contribution in [0.1, 0.15) is 19.4 Å². The van der Waals surface area contributed by atoms with Crippen LogP contribution in [0.4, 0.5) is 5.69 Å². The van der Waals surface area contributed by atoms with Gasteiger partial charge in [0.1, 0.15) is 5.75 Å². The molecule has 0 spiro atoms. The van der Waals surface area contributed by atoms with Crippen LogP contribution in [0.25, 0.3) is 22.0 Å². The number of anilines is 1. The molecule has 0 saturated heterocycles. The summed E-state index contributed by atoms with van der Waals surface area (Å²) in [5.41, 5.74) is 6.26. The van der Waals surface area contributed by atoms with Crippen molar-refractivity contribution < 1.29 is 9.53 Å². The molecule has 1 aromatic heterocycles. The zero-order chi connectivity index (χ0) is 24.6. The monoisotopic (exact) mass is 480 g/mol. The van der Waals surface area contributed by atoms with Crippen LogP contribution in [-0.4, -0.2) is 30.7 Å². The van der Waals surface area contributed by atoms with E-state index in [-0.39, 0.29) is 11.2 Å². The molecule has 0 N–H and O–H groups in total. The first-order valence-corrected chi connectivity index (χ1v) is 12.6. The Labute approximate surface area is 210 Å². The molecule has 0 unspecified atom stereocenters. The lowest BCUT2D eigenvalue weighted by Crippen LogP contribution is -2.24. The van der Waals surface area contributed by atoms with Crippen molar-refractivity contribution in [2.24, 2.45) is 0 Å². The highest BCUT2D eigenvalue weighted by atomic mass is 32.2. The molecule has 5 rings (SSSR count). The first kappa shape index (κ1) is 23.2. The lowest BCUT2D eigenvalue weighted by Gasteiger charge is -2.23. The third kappa shape index (κ3) is 4.32. The van der Waals surface area contributed by atoms with E-state index in [2.05, 4.69) is 55.1 Å². The van der Waals surface area contributed by atoms with Gasteiger partial charge in [0.2, 0.25) is 0 Å². The van der Waals surface area contributed by atoms with Crippen LogP contribution in [-0.2, 0) is 10.2 Å². The second-order valence-electron chi connectivity index (χ2n) is 9.24. The minimum atomic E-state index is -0.218. The average Bonchev–Trinajstić information content (AvgIpc) is 3.07. The summed E-state index contributed by atoms with van der Waals surface area (Å²) in [6.45, 7) is 4.35. The number of ketones is 1. The summed E-state index contributed by atoms with van der Waals surface area (Å²) in [5, 5.41) is 1.88. The van der Waals surface area contributed by atoms with E-state index in [0.717, 1.165) is 44.2 Å². The zero-order valence-electron chi connectivity index (χ0n) is 20.4. The molecule has 176 valence electrons. The highest BCUT2D eigenvalue weighted by molar-refractivity contribution is 7.99. The zero-order valence-corrected chi connectivity index (χ0v) is 21.2. The van der Waals surface area contributed by atoms with E-state index in [9.17, 15) is 4.79 Å². The summed E-state index contributed by atoms with van der Waals surface area (Å²) in [6, 6.07) is 26.6. The van der Waals surface area contributed by atoms with Crippen molar-refractivity contribution in [1.82, 2.24) is 4.98 Å². The van der Waals surface area contributed by atoms with E-state index < -0.39 is 0 Å². The number of fused-ring (bicyclic) bond motifs is 2. The van der Waals surface area contributed by atoms with Gasteiger partial charge in [-0.3, -0.25) is 4.79 Å². The number of methoxy groups -OCH3 is 1. The van der Waals surface area contributed by atoms with E-state index in [1.807, 2.05) is 49.5 Å². The second kappa shape index (κ2) is 9.23. The Balaban J connectivity index is 1.44. The number of allylic oxidation sites excluding steroid dienone is 2. The molecule has 0 fully saturated rings. The van der Waals surface area contributed by atoms with Gasteiger partial charge in [0.05, 0.1) is 23.4 Å². The standard InChI is InChI=1S/C30H28N2O2S/c1-30(2)25-12-8-9-13-27(25)32(3)28(30)16-21(33)19-35-29-18-24(20-10-6-5-7-11-20)23-15-14-22(34-4)17-26(23)31-29/h5-18H,19H2,1-4H3/b28-16-. The van der Waals surface area contributed by atoms with Gasteiger partial charge in [0, 0.05) is 41.4 Å². The third-order valence-electron chi connectivity index (χ3n) is 6.68. The van der Waals surface area contributed by atoms with Gasteiger partial charge >= 0.3 is 0 Å². The summed E-state index contributed by atoms with van der Waals surface area (Å²) < 4.78 is 5.42. The fraction of sp³-hybridized carbons (Fsp3) is 0.200. The molecule has 4 aromatic rings. The van der Waals surface area contributed by atoms with E-state index in [0.29, 0.717) is 5.75 Å². The Hall–Kier alpha value is -3.57. The molecular formula is C30H28N2O2S. The molecule has 5 heteroatoms. The summed E-state index contributed by atoms with van der Waals surface area (Å²) in [7, 11) is 3.69. The number of para-hydroxylation sites is 1. The van der Waals surface area contributed by atoms with Crippen molar-refractivity contribution in [3.05, 3.63) is 96.2 Å². The number of benzene rings is 3. The molecule has 0 atom stereocenters. The van der Waals surface area contributed by atoms with Crippen LogP contribution in [0.5, 0.6) is 5.75 Å². The molecule has 3 aromatic carbocycles. The molecule has 0 bridgehead atoms. The Morgan fingerprint density at radius 2 is 1.77 bits per heavy atom. The van der Waals surface area contributed by atoms with Crippen LogP contribution >= 0.6 is 11.8 Å². The van der Waals surface area contributed by atoms with Gasteiger partial charge in [-0.05, 0) is 41.0 Å². The number of ether oxygens (including phenoxy) is 1. The number of likely N-dealkylation sites (N-methyl/N-ethyl adjacent to an activating group) is 1. The number of hydrogen-bond acceptors (Lipinski definition) is 5. The number of aromatic nitrogens is 1. The maximum atomic E-state index is 13.1. The number of thioether (sulfide) groups is 1. The predicted octanol–water partition coefficient (Wildman–Crippen LogP) is 6.88. The van der Waals surface area contributed by atoms with Crippen LogP contribution in [0.15, 0.2) is 95.7 Å². The fourth-order valence-corrected chi connectivity index (χ4v) is 5.58. The van der Waals surface area contributed by atoms with Gasteiger partial charge in [-0.15, -0.1) is 0 Å². The van der Waals surface area contributed by atoms with Gasteiger partial charge in [0.25, 0.3) is 0 Å². The van der Waals surface area contributed by atoms with E-state index in [1.54, 1.807) is 13.2 Å². The molecule has 4 nitrogen and oxygen atoms in total. The van der Waals surface area contributed by atoms with Crippen molar-refractivity contribution in [3.63, 3.8) is 0 Å². The number of carbonyl (C=O) groups is 1. The molecule has 35 heavy (non-hydrogen) atoms. The summed E-state index contributed by atoms with van der Waals surface area (Å²) in [5.74, 6) is 1.16. The van der Waals surface area contributed by atoms with Crippen molar-refractivity contribution in [3.8, 4) is 16.9 Å². The van der Waals surface area contributed by atoms with E-state index in [1.165, 1.54) is 17.3 Å². The van der Waals surface area contributed by atoms with Crippen molar-refractivity contribution in [2.45, 2.75) is 24.3 Å². The van der Waals surface area contributed by atoms with Crippen LogP contribution in [0.2, 0.25) is 0 Å². The number of hydrogen-bond donors (Lipinski definition) is 0. The third-order valence-corrected chi connectivity index (χ3v) is 7.61.